The Bertz CT molecular complexity index is 609. The molecule has 0 aliphatic heterocycles. The Morgan fingerprint density at radius 2 is 1.95 bits per heavy atom. The first kappa shape index (κ1) is 13.9. The molecular weight excluding hydrogens is 256 g/mol. The molecule has 1 aromatic heterocycles. The number of hydrogen-bond acceptors (Lipinski definition) is 5. The van der Waals surface area contributed by atoms with Crippen LogP contribution in [-0.4, -0.2) is 18.1 Å². The van der Waals surface area contributed by atoms with Crippen LogP contribution < -0.4 is 10.5 Å². The first-order valence-electron chi connectivity index (χ1n) is 6.25. The molecular formula is C15H16N2O3. The monoisotopic (exact) mass is 272 g/mol. The minimum atomic E-state index is -0.518. The SMILES string of the molecule is CCc1ccc(Oc2nccc(C(=O)OC)c2N)cc1. The molecule has 0 aliphatic rings. The summed E-state index contributed by atoms with van der Waals surface area (Å²) in [5, 5.41) is 0. The highest BCUT2D eigenvalue weighted by Crippen LogP contribution is 2.28. The number of aromatic nitrogens is 1. The van der Waals surface area contributed by atoms with Crippen LogP contribution in [0.25, 0.3) is 0 Å². The van der Waals surface area contributed by atoms with Gasteiger partial charge in [0.15, 0.2) is 0 Å². The van der Waals surface area contributed by atoms with Crippen LogP contribution in [-0.2, 0) is 11.2 Å². The number of rotatable bonds is 4. The van der Waals surface area contributed by atoms with Crippen molar-refractivity contribution in [1.29, 1.82) is 0 Å². The van der Waals surface area contributed by atoms with Gasteiger partial charge in [-0.3, -0.25) is 0 Å². The van der Waals surface area contributed by atoms with Gasteiger partial charge in [-0.05, 0) is 30.2 Å². The summed E-state index contributed by atoms with van der Waals surface area (Å²) in [7, 11) is 1.30. The highest BCUT2D eigenvalue weighted by molar-refractivity contribution is 5.96. The smallest absolute Gasteiger partial charge is 0.340 e. The fraction of sp³-hybridized carbons (Fsp3) is 0.200. The highest BCUT2D eigenvalue weighted by Gasteiger charge is 2.15. The summed E-state index contributed by atoms with van der Waals surface area (Å²) >= 11 is 0. The van der Waals surface area contributed by atoms with Gasteiger partial charge in [0.25, 0.3) is 0 Å². The van der Waals surface area contributed by atoms with E-state index in [0.29, 0.717) is 5.75 Å². The standard InChI is InChI=1S/C15H16N2O3/c1-3-10-4-6-11(7-5-10)20-14-13(16)12(8-9-17-14)15(18)19-2/h4-9H,3,16H2,1-2H3. The summed E-state index contributed by atoms with van der Waals surface area (Å²) in [6.07, 6.45) is 2.41. The Balaban J connectivity index is 2.26. The first-order chi connectivity index (χ1) is 9.65. The van der Waals surface area contributed by atoms with Gasteiger partial charge in [0.05, 0.1) is 12.7 Å². The van der Waals surface area contributed by atoms with Gasteiger partial charge in [-0.1, -0.05) is 19.1 Å². The minimum Gasteiger partial charge on any atom is -0.465 e. The molecule has 0 bridgehead atoms. The quantitative estimate of drug-likeness (QED) is 0.866. The zero-order valence-corrected chi connectivity index (χ0v) is 11.4. The van der Waals surface area contributed by atoms with Gasteiger partial charge in [-0.25, -0.2) is 9.78 Å². The Hall–Kier alpha value is -2.56. The molecule has 1 aromatic carbocycles. The fourth-order valence-corrected chi connectivity index (χ4v) is 1.73. The predicted molar refractivity (Wildman–Crippen MR) is 75.9 cm³/mol. The summed E-state index contributed by atoms with van der Waals surface area (Å²) in [6.45, 7) is 2.08. The number of ether oxygens (including phenoxy) is 2. The number of methoxy groups -OCH3 is 1. The number of nitrogens with zero attached hydrogens (tertiary/aromatic N) is 1. The van der Waals surface area contributed by atoms with Crippen molar-refractivity contribution in [3.05, 3.63) is 47.7 Å². The molecule has 0 amide bonds. The molecule has 2 rings (SSSR count). The number of aryl methyl sites for hydroxylation is 1. The topological polar surface area (TPSA) is 74.4 Å². The Kier molecular flexibility index (Phi) is 4.20. The highest BCUT2D eigenvalue weighted by atomic mass is 16.5. The zero-order chi connectivity index (χ0) is 14.5. The third-order valence-corrected chi connectivity index (χ3v) is 2.91. The van der Waals surface area contributed by atoms with Crippen LogP contribution in [0, 0.1) is 0 Å². The van der Waals surface area contributed by atoms with Crippen molar-refractivity contribution in [3.8, 4) is 11.6 Å². The van der Waals surface area contributed by atoms with Gasteiger partial charge in [-0.2, -0.15) is 0 Å². The van der Waals surface area contributed by atoms with E-state index >= 15 is 0 Å². The number of pyridine rings is 1. The Morgan fingerprint density at radius 1 is 1.25 bits per heavy atom. The second-order valence-corrected chi connectivity index (χ2v) is 4.17. The molecule has 0 saturated heterocycles. The minimum absolute atomic E-state index is 0.166. The Labute approximate surface area is 117 Å². The molecule has 0 aliphatic carbocycles. The molecule has 0 saturated carbocycles. The summed E-state index contributed by atoms with van der Waals surface area (Å²) < 4.78 is 10.3. The van der Waals surface area contributed by atoms with Gasteiger partial charge in [0.2, 0.25) is 5.88 Å². The van der Waals surface area contributed by atoms with Crippen molar-refractivity contribution < 1.29 is 14.3 Å². The van der Waals surface area contributed by atoms with Crippen LogP contribution in [0.3, 0.4) is 0 Å². The fourth-order valence-electron chi connectivity index (χ4n) is 1.73. The summed E-state index contributed by atoms with van der Waals surface area (Å²) in [6, 6.07) is 9.11. The second kappa shape index (κ2) is 6.06. The number of benzene rings is 1. The largest absolute Gasteiger partial charge is 0.465 e. The van der Waals surface area contributed by atoms with Gasteiger partial charge < -0.3 is 15.2 Å². The van der Waals surface area contributed by atoms with E-state index in [1.807, 2.05) is 24.3 Å². The number of hydrogen-bond donors (Lipinski definition) is 1. The van der Waals surface area contributed by atoms with Crippen molar-refractivity contribution in [3.63, 3.8) is 0 Å². The molecule has 20 heavy (non-hydrogen) atoms. The zero-order valence-electron chi connectivity index (χ0n) is 11.4. The second-order valence-electron chi connectivity index (χ2n) is 4.17. The van der Waals surface area contributed by atoms with Gasteiger partial charge in [0.1, 0.15) is 11.4 Å². The van der Waals surface area contributed by atoms with Crippen molar-refractivity contribution >= 4 is 11.7 Å². The van der Waals surface area contributed by atoms with Crippen LogP contribution in [0.2, 0.25) is 0 Å². The Morgan fingerprint density at radius 3 is 2.55 bits per heavy atom. The van der Waals surface area contributed by atoms with E-state index in [0.717, 1.165) is 6.42 Å². The van der Waals surface area contributed by atoms with E-state index in [4.69, 9.17) is 10.5 Å². The average Bonchev–Trinajstić information content (AvgIpc) is 2.49. The predicted octanol–water partition coefficient (Wildman–Crippen LogP) is 2.81. The molecule has 1 heterocycles. The van der Waals surface area contributed by atoms with Crippen LogP contribution >= 0.6 is 0 Å². The number of nitrogens with two attached hydrogens (primary N) is 1. The maximum Gasteiger partial charge on any atom is 0.340 e. The molecule has 0 fully saturated rings. The van der Waals surface area contributed by atoms with E-state index in [2.05, 4.69) is 16.6 Å². The van der Waals surface area contributed by atoms with E-state index in [-0.39, 0.29) is 17.1 Å². The molecule has 0 spiro atoms. The van der Waals surface area contributed by atoms with E-state index in [9.17, 15) is 4.79 Å². The number of anilines is 1. The normalized spacial score (nSPS) is 10.1. The lowest BCUT2D eigenvalue weighted by Gasteiger charge is -2.10. The summed E-state index contributed by atoms with van der Waals surface area (Å²) in [5.41, 5.74) is 7.49. The van der Waals surface area contributed by atoms with E-state index in [1.165, 1.54) is 24.9 Å². The van der Waals surface area contributed by atoms with Crippen molar-refractivity contribution in [2.75, 3.05) is 12.8 Å². The molecule has 5 heteroatoms. The number of carbonyl (C=O) groups excluding carboxylic acids is 1. The van der Waals surface area contributed by atoms with Crippen molar-refractivity contribution in [2.45, 2.75) is 13.3 Å². The number of carbonyl (C=O) groups is 1. The molecule has 0 radical (unpaired) electrons. The maximum absolute atomic E-state index is 11.5. The van der Waals surface area contributed by atoms with Gasteiger partial charge in [0, 0.05) is 6.20 Å². The van der Waals surface area contributed by atoms with E-state index in [1.54, 1.807) is 0 Å². The third-order valence-electron chi connectivity index (χ3n) is 2.91. The number of nitrogen functional groups attached to an aromatic ring is 1. The van der Waals surface area contributed by atoms with Crippen LogP contribution in [0.1, 0.15) is 22.8 Å². The molecule has 0 atom stereocenters. The van der Waals surface area contributed by atoms with Crippen LogP contribution in [0.15, 0.2) is 36.5 Å². The molecule has 2 N–H and O–H groups in total. The van der Waals surface area contributed by atoms with Gasteiger partial charge >= 0.3 is 5.97 Å². The molecule has 104 valence electrons. The lowest BCUT2D eigenvalue weighted by Crippen LogP contribution is -2.07. The van der Waals surface area contributed by atoms with E-state index < -0.39 is 5.97 Å². The molecule has 0 unspecified atom stereocenters. The lowest BCUT2D eigenvalue weighted by atomic mass is 10.2. The van der Waals surface area contributed by atoms with Crippen molar-refractivity contribution in [1.82, 2.24) is 4.98 Å². The van der Waals surface area contributed by atoms with Gasteiger partial charge in [-0.15, -0.1) is 0 Å². The van der Waals surface area contributed by atoms with Crippen molar-refractivity contribution in [2.24, 2.45) is 0 Å². The molecule has 2 aromatic rings. The summed E-state index contributed by atoms with van der Waals surface area (Å²) in [4.78, 5) is 15.6. The van der Waals surface area contributed by atoms with Crippen LogP contribution in [0.5, 0.6) is 11.6 Å². The maximum atomic E-state index is 11.5. The number of esters is 1. The summed E-state index contributed by atoms with van der Waals surface area (Å²) in [5.74, 6) is 0.289. The molecule has 5 nitrogen and oxygen atoms in total. The van der Waals surface area contributed by atoms with Crippen LogP contribution in [0.4, 0.5) is 5.69 Å². The third kappa shape index (κ3) is 2.88. The first-order valence-corrected chi connectivity index (χ1v) is 6.25. The average molecular weight is 272 g/mol. The lowest BCUT2D eigenvalue weighted by molar-refractivity contribution is 0.0601.